The van der Waals surface area contributed by atoms with E-state index < -0.39 is 10.8 Å². The number of aryl methyl sites for hydroxylation is 2. The standard InChI is InChI=1S/C31H33N3O3S/c1-20-5-12-27(21(2)15-20)30(36)37-19-22-6-8-23(9-7-22)28(18-33-31(3,4)38)29(35)34-26-11-10-25-17-32-14-13-24(25)16-26/h5-17,28,33,38H,18-19H2,1-4H3,(H,34,35)/t28-/m1/s1. The SMILES string of the molecule is Cc1ccc(C(=O)OCc2ccc([C@@H](CNC(C)(C)S)C(=O)Nc3ccc4cnccc4c3)cc2)c(C)c1. The van der Waals surface area contributed by atoms with Crippen molar-refractivity contribution in [2.45, 2.75) is 45.1 Å². The second-order valence-electron chi connectivity index (χ2n) is 10.1. The van der Waals surface area contributed by atoms with E-state index in [0.29, 0.717) is 12.1 Å². The van der Waals surface area contributed by atoms with Crippen molar-refractivity contribution >= 4 is 41.0 Å². The summed E-state index contributed by atoms with van der Waals surface area (Å²) in [4.78, 5) is 29.7. The summed E-state index contributed by atoms with van der Waals surface area (Å²) in [7, 11) is 0. The predicted molar refractivity (Wildman–Crippen MR) is 156 cm³/mol. The fourth-order valence-corrected chi connectivity index (χ4v) is 4.31. The second kappa shape index (κ2) is 11.8. The van der Waals surface area contributed by atoms with Gasteiger partial charge in [0.2, 0.25) is 5.91 Å². The Hall–Kier alpha value is -3.68. The molecular weight excluding hydrogens is 494 g/mol. The number of hydrogen-bond donors (Lipinski definition) is 3. The molecule has 1 aromatic heterocycles. The molecule has 0 saturated carbocycles. The van der Waals surface area contributed by atoms with E-state index >= 15 is 0 Å². The highest BCUT2D eigenvalue weighted by atomic mass is 32.1. The van der Waals surface area contributed by atoms with Crippen LogP contribution in [0.4, 0.5) is 5.69 Å². The van der Waals surface area contributed by atoms with Gasteiger partial charge in [-0.3, -0.25) is 9.78 Å². The number of pyridine rings is 1. The summed E-state index contributed by atoms with van der Waals surface area (Å²) in [6.07, 6.45) is 3.53. The summed E-state index contributed by atoms with van der Waals surface area (Å²) >= 11 is 4.56. The molecule has 0 bridgehead atoms. The molecular formula is C31H33N3O3S. The highest BCUT2D eigenvalue weighted by Crippen LogP contribution is 2.23. The van der Waals surface area contributed by atoms with E-state index in [1.54, 1.807) is 18.5 Å². The van der Waals surface area contributed by atoms with Crippen molar-refractivity contribution < 1.29 is 14.3 Å². The quantitative estimate of drug-likeness (QED) is 0.137. The van der Waals surface area contributed by atoms with Crippen LogP contribution in [0.1, 0.15) is 52.4 Å². The lowest BCUT2D eigenvalue weighted by molar-refractivity contribution is -0.117. The van der Waals surface area contributed by atoms with Crippen LogP contribution < -0.4 is 10.6 Å². The number of aromatic nitrogens is 1. The number of rotatable bonds is 9. The van der Waals surface area contributed by atoms with Gasteiger partial charge in [-0.05, 0) is 74.0 Å². The molecule has 2 N–H and O–H groups in total. The number of benzene rings is 3. The van der Waals surface area contributed by atoms with Gasteiger partial charge in [0.25, 0.3) is 0 Å². The second-order valence-corrected chi connectivity index (χ2v) is 11.2. The number of carbonyl (C=O) groups is 2. The lowest BCUT2D eigenvalue weighted by atomic mass is 9.96. The molecule has 196 valence electrons. The summed E-state index contributed by atoms with van der Waals surface area (Å²) in [5.41, 5.74) is 4.97. The zero-order chi connectivity index (χ0) is 27.3. The molecule has 0 aliphatic heterocycles. The highest BCUT2D eigenvalue weighted by molar-refractivity contribution is 7.81. The number of ether oxygens (including phenoxy) is 1. The number of amides is 1. The van der Waals surface area contributed by atoms with Crippen LogP contribution in [-0.2, 0) is 16.1 Å². The minimum atomic E-state index is -0.457. The topological polar surface area (TPSA) is 80.3 Å². The van der Waals surface area contributed by atoms with Crippen LogP contribution in [0.15, 0.2) is 79.1 Å². The number of nitrogens with one attached hydrogen (secondary N) is 2. The van der Waals surface area contributed by atoms with E-state index in [9.17, 15) is 9.59 Å². The van der Waals surface area contributed by atoms with Crippen molar-refractivity contribution in [3.05, 3.63) is 107 Å². The molecule has 4 aromatic rings. The van der Waals surface area contributed by atoms with Gasteiger partial charge in [0, 0.05) is 30.0 Å². The Labute approximate surface area is 229 Å². The van der Waals surface area contributed by atoms with E-state index in [1.165, 1.54) is 0 Å². The van der Waals surface area contributed by atoms with Crippen LogP contribution >= 0.6 is 12.6 Å². The Morgan fingerprint density at radius 3 is 2.45 bits per heavy atom. The van der Waals surface area contributed by atoms with Gasteiger partial charge in [0.05, 0.1) is 16.4 Å². The Balaban J connectivity index is 1.47. The third-order valence-electron chi connectivity index (χ3n) is 6.32. The maximum absolute atomic E-state index is 13.4. The van der Waals surface area contributed by atoms with Gasteiger partial charge >= 0.3 is 5.97 Å². The lowest BCUT2D eigenvalue weighted by Gasteiger charge is -2.24. The number of esters is 1. The van der Waals surface area contributed by atoms with Crippen LogP contribution in [0.3, 0.4) is 0 Å². The van der Waals surface area contributed by atoms with E-state index in [4.69, 9.17) is 4.74 Å². The van der Waals surface area contributed by atoms with Crippen molar-refractivity contribution in [1.29, 1.82) is 0 Å². The first-order valence-electron chi connectivity index (χ1n) is 12.5. The molecule has 0 radical (unpaired) electrons. The fraction of sp³-hybridized carbons (Fsp3) is 0.258. The number of carbonyl (C=O) groups excluding carboxylic acids is 2. The summed E-state index contributed by atoms with van der Waals surface area (Å²) in [5, 5.41) is 8.39. The first kappa shape index (κ1) is 27.4. The molecule has 0 unspecified atom stereocenters. The van der Waals surface area contributed by atoms with Crippen LogP contribution in [0.2, 0.25) is 0 Å². The smallest absolute Gasteiger partial charge is 0.338 e. The summed E-state index contributed by atoms with van der Waals surface area (Å²) in [6.45, 7) is 8.33. The van der Waals surface area contributed by atoms with Crippen LogP contribution in [-0.4, -0.2) is 28.3 Å². The molecule has 38 heavy (non-hydrogen) atoms. The van der Waals surface area contributed by atoms with Gasteiger partial charge in [0.1, 0.15) is 6.61 Å². The van der Waals surface area contributed by atoms with Crippen molar-refractivity contribution in [3.63, 3.8) is 0 Å². The van der Waals surface area contributed by atoms with Gasteiger partial charge < -0.3 is 15.4 Å². The average molecular weight is 528 g/mol. The molecule has 6 nitrogen and oxygen atoms in total. The van der Waals surface area contributed by atoms with Crippen molar-refractivity contribution in [2.24, 2.45) is 0 Å². The largest absolute Gasteiger partial charge is 0.457 e. The molecule has 1 atom stereocenters. The zero-order valence-electron chi connectivity index (χ0n) is 22.1. The first-order chi connectivity index (χ1) is 18.1. The summed E-state index contributed by atoms with van der Waals surface area (Å²) in [5.74, 6) is -0.936. The molecule has 4 rings (SSSR count). The van der Waals surface area contributed by atoms with Gasteiger partial charge in [0.15, 0.2) is 0 Å². The Morgan fingerprint density at radius 2 is 1.74 bits per heavy atom. The average Bonchev–Trinajstić information content (AvgIpc) is 2.87. The predicted octanol–water partition coefficient (Wildman–Crippen LogP) is 6.19. The molecule has 1 heterocycles. The van der Waals surface area contributed by atoms with Crippen molar-refractivity contribution in [2.75, 3.05) is 11.9 Å². The summed E-state index contributed by atoms with van der Waals surface area (Å²) < 4.78 is 5.54. The van der Waals surface area contributed by atoms with Gasteiger partial charge in [-0.15, -0.1) is 0 Å². The number of fused-ring (bicyclic) bond motifs is 1. The third-order valence-corrected chi connectivity index (χ3v) is 6.48. The minimum Gasteiger partial charge on any atom is -0.457 e. The Bertz CT molecular complexity index is 1450. The summed E-state index contributed by atoms with van der Waals surface area (Å²) in [6, 6.07) is 20.9. The Kier molecular flexibility index (Phi) is 8.49. The number of nitrogens with zero attached hydrogens (tertiary/aromatic N) is 1. The lowest BCUT2D eigenvalue weighted by Crippen LogP contribution is -2.39. The van der Waals surface area contributed by atoms with Gasteiger partial charge in [-0.1, -0.05) is 48.0 Å². The normalized spacial score (nSPS) is 12.2. The molecule has 3 aromatic carbocycles. The number of anilines is 1. The van der Waals surface area contributed by atoms with E-state index in [1.807, 2.05) is 88.4 Å². The molecule has 7 heteroatoms. The first-order valence-corrected chi connectivity index (χ1v) is 13.0. The van der Waals surface area contributed by atoms with Crippen molar-refractivity contribution in [1.82, 2.24) is 10.3 Å². The third kappa shape index (κ3) is 7.21. The maximum Gasteiger partial charge on any atom is 0.338 e. The number of hydrogen-bond acceptors (Lipinski definition) is 6. The van der Waals surface area contributed by atoms with Crippen molar-refractivity contribution in [3.8, 4) is 0 Å². The molecule has 1 amide bonds. The van der Waals surface area contributed by atoms with Gasteiger partial charge in [-0.25, -0.2) is 4.79 Å². The monoisotopic (exact) mass is 527 g/mol. The molecule has 0 fully saturated rings. The van der Waals surface area contributed by atoms with Crippen LogP contribution in [0, 0.1) is 13.8 Å². The minimum absolute atomic E-state index is 0.127. The Morgan fingerprint density at radius 1 is 0.974 bits per heavy atom. The molecule has 0 aliphatic carbocycles. The van der Waals surface area contributed by atoms with Crippen LogP contribution in [0.25, 0.3) is 10.8 Å². The van der Waals surface area contributed by atoms with E-state index in [2.05, 4.69) is 28.2 Å². The molecule has 0 aliphatic rings. The highest BCUT2D eigenvalue weighted by Gasteiger charge is 2.23. The van der Waals surface area contributed by atoms with E-state index in [-0.39, 0.29) is 18.5 Å². The number of thiol groups is 1. The van der Waals surface area contributed by atoms with Gasteiger partial charge in [-0.2, -0.15) is 12.6 Å². The fourth-order valence-electron chi connectivity index (χ4n) is 4.22. The molecule has 0 spiro atoms. The zero-order valence-corrected chi connectivity index (χ0v) is 23.0. The molecule has 0 saturated heterocycles. The maximum atomic E-state index is 13.4. The van der Waals surface area contributed by atoms with E-state index in [0.717, 1.165) is 38.7 Å². The van der Waals surface area contributed by atoms with Crippen LogP contribution in [0.5, 0.6) is 0 Å².